The smallest absolute Gasteiger partial charge is 0.231 e. The highest BCUT2D eigenvalue weighted by Crippen LogP contribution is 2.44. The van der Waals surface area contributed by atoms with Crippen molar-refractivity contribution in [1.82, 2.24) is 0 Å². The van der Waals surface area contributed by atoms with E-state index in [0.717, 1.165) is 39.7 Å². The van der Waals surface area contributed by atoms with E-state index in [9.17, 15) is 0 Å². The quantitative estimate of drug-likeness (QED) is 0.827. The third kappa shape index (κ3) is 2.67. The molecular weight excluding hydrogens is 324 g/mol. The molecule has 2 aliphatic rings. The maximum absolute atomic E-state index is 5.81. The molecular formula is C19H20O6. The highest BCUT2D eigenvalue weighted by Gasteiger charge is 2.30. The van der Waals surface area contributed by atoms with Gasteiger partial charge in [0, 0.05) is 19.8 Å². The number of ether oxygens (including phenoxy) is 6. The van der Waals surface area contributed by atoms with Crippen LogP contribution in [0.1, 0.15) is 28.9 Å². The third-order valence-corrected chi connectivity index (χ3v) is 4.64. The zero-order valence-corrected chi connectivity index (χ0v) is 14.4. The molecule has 132 valence electrons. The van der Waals surface area contributed by atoms with E-state index < -0.39 is 0 Å². The van der Waals surface area contributed by atoms with E-state index in [1.54, 1.807) is 14.2 Å². The van der Waals surface area contributed by atoms with Gasteiger partial charge in [-0.3, -0.25) is 0 Å². The number of fused-ring (bicyclic) bond motifs is 2. The van der Waals surface area contributed by atoms with Crippen molar-refractivity contribution in [3.63, 3.8) is 0 Å². The van der Waals surface area contributed by atoms with E-state index in [0.29, 0.717) is 0 Å². The number of hydrogen-bond acceptors (Lipinski definition) is 6. The Morgan fingerprint density at radius 3 is 2.28 bits per heavy atom. The van der Waals surface area contributed by atoms with Crippen LogP contribution in [0.2, 0.25) is 0 Å². The molecule has 0 spiro atoms. The van der Waals surface area contributed by atoms with Gasteiger partial charge in [-0.15, -0.1) is 0 Å². The summed E-state index contributed by atoms with van der Waals surface area (Å²) in [4.78, 5) is 0. The maximum atomic E-state index is 5.81. The predicted octanol–water partition coefficient (Wildman–Crippen LogP) is 3.53. The topological polar surface area (TPSA) is 55.4 Å². The molecule has 0 saturated carbocycles. The summed E-state index contributed by atoms with van der Waals surface area (Å²) in [5.74, 6) is 2.98. The van der Waals surface area contributed by atoms with E-state index in [4.69, 9.17) is 28.4 Å². The summed E-state index contributed by atoms with van der Waals surface area (Å²) in [6.07, 6.45) is -0.613. The standard InChI is InChI=1S/C19H20O6/c1-11-13(5-7-15-17(11)25-10-23-15)19(21-3)18(20-2)12-4-6-14-16(8-12)24-9-22-14/h4-8,18-19H,9-10H2,1-3H3/t18-,19-/m1/s1. The number of methoxy groups -OCH3 is 2. The molecule has 6 nitrogen and oxygen atoms in total. The van der Waals surface area contributed by atoms with Crippen LogP contribution >= 0.6 is 0 Å². The first-order valence-electron chi connectivity index (χ1n) is 8.07. The summed E-state index contributed by atoms with van der Waals surface area (Å²) in [5, 5.41) is 0. The van der Waals surface area contributed by atoms with Crippen LogP contribution in [0.15, 0.2) is 30.3 Å². The second-order valence-electron chi connectivity index (χ2n) is 5.94. The van der Waals surface area contributed by atoms with Gasteiger partial charge in [0.2, 0.25) is 13.6 Å². The molecule has 6 heteroatoms. The summed E-state index contributed by atoms with van der Waals surface area (Å²) in [5.41, 5.74) is 2.94. The Kier molecular flexibility index (Phi) is 4.15. The van der Waals surface area contributed by atoms with E-state index in [2.05, 4.69) is 0 Å². The summed E-state index contributed by atoms with van der Waals surface area (Å²) in [7, 11) is 3.34. The Morgan fingerprint density at radius 2 is 1.48 bits per heavy atom. The van der Waals surface area contributed by atoms with Crippen molar-refractivity contribution >= 4 is 0 Å². The number of benzene rings is 2. The predicted molar refractivity (Wildman–Crippen MR) is 89.4 cm³/mol. The lowest BCUT2D eigenvalue weighted by Crippen LogP contribution is -2.16. The normalized spacial score (nSPS) is 16.8. The van der Waals surface area contributed by atoms with Crippen molar-refractivity contribution in [3.8, 4) is 23.0 Å². The Bertz CT molecular complexity index is 788. The van der Waals surface area contributed by atoms with Gasteiger partial charge in [-0.25, -0.2) is 0 Å². The van der Waals surface area contributed by atoms with Gasteiger partial charge >= 0.3 is 0 Å². The second kappa shape index (κ2) is 6.46. The van der Waals surface area contributed by atoms with Crippen molar-refractivity contribution in [2.24, 2.45) is 0 Å². The van der Waals surface area contributed by atoms with Gasteiger partial charge in [0.25, 0.3) is 0 Å². The average molecular weight is 344 g/mol. The minimum atomic E-state index is -0.307. The number of rotatable bonds is 5. The highest BCUT2D eigenvalue weighted by molar-refractivity contribution is 5.53. The molecule has 0 amide bonds. The fourth-order valence-electron chi connectivity index (χ4n) is 3.37. The van der Waals surface area contributed by atoms with Crippen molar-refractivity contribution in [3.05, 3.63) is 47.0 Å². The molecule has 0 saturated heterocycles. The average Bonchev–Trinajstić information content (AvgIpc) is 3.29. The van der Waals surface area contributed by atoms with Crippen LogP contribution in [0, 0.1) is 6.92 Å². The molecule has 2 atom stereocenters. The molecule has 2 heterocycles. The van der Waals surface area contributed by atoms with Gasteiger partial charge in [0.15, 0.2) is 23.0 Å². The van der Waals surface area contributed by atoms with Crippen LogP contribution in [0.5, 0.6) is 23.0 Å². The Labute approximate surface area is 146 Å². The Hall–Kier alpha value is -2.44. The monoisotopic (exact) mass is 344 g/mol. The van der Waals surface area contributed by atoms with E-state index in [-0.39, 0.29) is 25.8 Å². The van der Waals surface area contributed by atoms with Crippen molar-refractivity contribution in [2.45, 2.75) is 19.1 Å². The first-order valence-corrected chi connectivity index (χ1v) is 8.07. The molecule has 25 heavy (non-hydrogen) atoms. The van der Waals surface area contributed by atoms with Gasteiger partial charge in [-0.05, 0) is 36.2 Å². The molecule has 2 aromatic carbocycles. The SMILES string of the molecule is CO[C@H](c1ccc2c(c1)OCO2)[C@H](OC)c1ccc2c(c1C)OCO2. The lowest BCUT2D eigenvalue weighted by molar-refractivity contribution is -0.0401. The van der Waals surface area contributed by atoms with Gasteiger partial charge in [-0.2, -0.15) is 0 Å². The Morgan fingerprint density at radius 1 is 0.800 bits per heavy atom. The summed E-state index contributed by atoms with van der Waals surface area (Å²) in [6.45, 7) is 2.49. The summed E-state index contributed by atoms with van der Waals surface area (Å²) < 4.78 is 33.5. The van der Waals surface area contributed by atoms with Crippen molar-refractivity contribution in [2.75, 3.05) is 27.8 Å². The lowest BCUT2D eigenvalue weighted by Gasteiger charge is -2.27. The summed E-state index contributed by atoms with van der Waals surface area (Å²) in [6, 6.07) is 9.70. The first kappa shape index (κ1) is 16.1. The molecule has 2 aliphatic heterocycles. The van der Waals surface area contributed by atoms with Crippen molar-refractivity contribution in [1.29, 1.82) is 0 Å². The molecule has 4 rings (SSSR count). The van der Waals surface area contributed by atoms with Gasteiger partial charge < -0.3 is 28.4 Å². The van der Waals surface area contributed by atoms with Crippen LogP contribution in [-0.2, 0) is 9.47 Å². The van der Waals surface area contributed by atoms with Gasteiger partial charge in [0.05, 0.1) is 0 Å². The van der Waals surface area contributed by atoms with Crippen LogP contribution in [0.3, 0.4) is 0 Å². The minimum Gasteiger partial charge on any atom is -0.454 e. The Balaban J connectivity index is 1.72. The van der Waals surface area contributed by atoms with Crippen LogP contribution in [0.25, 0.3) is 0 Å². The molecule has 0 unspecified atom stereocenters. The molecule has 0 bridgehead atoms. The van der Waals surface area contributed by atoms with Crippen LogP contribution in [-0.4, -0.2) is 27.8 Å². The van der Waals surface area contributed by atoms with Gasteiger partial charge in [-0.1, -0.05) is 12.1 Å². The first-order chi connectivity index (χ1) is 12.2. The van der Waals surface area contributed by atoms with E-state index in [1.807, 2.05) is 37.3 Å². The molecule has 0 aromatic heterocycles. The zero-order valence-electron chi connectivity index (χ0n) is 14.4. The second-order valence-corrected chi connectivity index (χ2v) is 5.94. The lowest BCUT2D eigenvalue weighted by atomic mass is 9.94. The molecule has 0 N–H and O–H groups in total. The maximum Gasteiger partial charge on any atom is 0.231 e. The van der Waals surface area contributed by atoms with Crippen molar-refractivity contribution < 1.29 is 28.4 Å². The minimum absolute atomic E-state index is 0.241. The highest BCUT2D eigenvalue weighted by atomic mass is 16.7. The van der Waals surface area contributed by atoms with E-state index >= 15 is 0 Å². The zero-order chi connectivity index (χ0) is 17.4. The van der Waals surface area contributed by atoms with Crippen LogP contribution in [0.4, 0.5) is 0 Å². The molecule has 0 aliphatic carbocycles. The summed E-state index contributed by atoms with van der Waals surface area (Å²) >= 11 is 0. The fourth-order valence-corrected chi connectivity index (χ4v) is 3.37. The number of hydrogen-bond donors (Lipinski definition) is 0. The molecule has 0 radical (unpaired) electrons. The largest absolute Gasteiger partial charge is 0.454 e. The molecule has 0 fully saturated rings. The fraction of sp³-hybridized carbons (Fsp3) is 0.368. The van der Waals surface area contributed by atoms with Crippen LogP contribution < -0.4 is 18.9 Å². The van der Waals surface area contributed by atoms with Gasteiger partial charge in [0.1, 0.15) is 12.2 Å². The molecule has 2 aromatic rings. The van der Waals surface area contributed by atoms with E-state index in [1.165, 1.54) is 0 Å². The third-order valence-electron chi connectivity index (χ3n) is 4.64.